The second-order valence-corrected chi connectivity index (χ2v) is 4.25. The Morgan fingerprint density at radius 3 is 2.29 bits per heavy atom. The van der Waals surface area contributed by atoms with Gasteiger partial charge in [-0.25, -0.2) is 4.39 Å². The molecule has 2 nitrogen and oxygen atoms in total. The zero-order valence-corrected chi connectivity index (χ0v) is 8.89. The Kier molecular flexibility index (Phi) is 2.69. The maximum absolute atomic E-state index is 13.4. The zero-order valence-electron chi connectivity index (χ0n) is 8.89. The van der Waals surface area contributed by atoms with E-state index in [1.807, 2.05) is 20.8 Å². The number of halogens is 1. The largest absolute Gasteiger partial charge is 0.504 e. The normalized spacial score (nSPS) is 11.5. The first kappa shape index (κ1) is 10.8. The van der Waals surface area contributed by atoms with Crippen LogP contribution in [0.2, 0.25) is 0 Å². The molecule has 0 aliphatic rings. The minimum absolute atomic E-state index is 0.169. The van der Waals surface area contributed by atoms with Crippen LogP contribution in [0.4, 0.5) is 4.39 Å². The zero-order chi connectivity index (χ0) is 10.9. The summed E-state index contributed by atoms with van der Waals surface area (Å²) in [5, 5.41) is 9.32. The van der Waals surface area contributed by atoms with Gasteiger partial charge in [0, 0.05) is 6.07 Å². The number of methoxy groups -OCH3 is 1. The lowest BCUT2D eigenvalue weighted by Gasteiger charge is -2.20. The molecule has 1 aromatic rings. The SMILES string of the molecule is COc1cc(C(C)(C)C)c(F)cc1O. The van der Waals surface area contributed by atoms with E-state index in [1.54, 1.807) is 0 Å². The third-order valence-electron chi connectivity index (χ3n) is 2.08. The highest BCUT2D eigenvalue weighted by Gasteiger charge is 2.20. The summed E-state index contributed by atoms with van der Waals surface area (Å²) in [6, 6.07) is 2.62. The van der Waals surface area contributed by atoms with Gasteiger partial charge < -0.3 is 9.84 Å². The van der Waals surface area contributed by atoms with Crippen molar-refractivity contribution in [2.45, 2.75) is 26.2 Å². The minimum atomic E-state index is -0.407. The second kappa shape index (κ2) is 3.48. The maximum atomic E-state index is 13.4. The van der Waals surface area contributed by atoms with Gasteiger partial charge in [0.25, 0.3) is 0 Å². The summed E-state index contributed by atoms with van der Waals surface area (Å²) in [6.07, 6.45) is 0. The van der Waals surface area contributed by atoms with E-state index in [0.29, 0.717) is 11.3 Å². The molecule has 0 heterocycles. The van der Waals surface area contributed by atoms with Crippen molar-refractivity contribution in [3.63, 3.8) is 0 Å². The minimum Gasteiger partial charge on any atom is -0.504 e. The van der Waals surface area contributed by atoms with Crippen LogP contribution in [0.25, 0.3) is 0 Å². The van der Waals surface area contributed by atoms with Crippen molar-refractivity contribution in [2.24, 2.45) is 0 Å². The van der Waals surface area contributed by atoms with Crippen molar-refractivity contribution in [3.8, 4) is 11.5 Å². The lowest BCUT2D eigenvalue weighted by atomic mass is 9.86. The van der Waals surface area contributed by atoms with Crippen molar-refractivity contribution < 1.29 is 14.2 Å². The topological polar surface area (TPSA) is 29.5 Å². The molecule has 0 amide bonds. The van der Waals surface area contributed by atoms with Gasteiger partial charge in [0.2, 0.25) is 0 Å². The lowest BCUT2D eigenvalue weighted by molar-refractivity contribution is 0.367. The van der Waals surface area contributed by atoms with Crippen LogP contribution >= 0.6 is 0 Å². The third kappa shape index (κ3) is 1.97. The third-order valence-corrected chi connectivity index (χ3v) is 2.08. The van der Waals surface area contributed by atoms with Crippen LogP contribution < -0.4 is 4.74 Å². The van der Waals surface area contributed by atoms with E-state index >= 15 is 0 Å². The smallest absolute Gasteiger partial charge is 0.160 e. The summed E-state index contributed by atoms with van der Waals surface area (Å²) >= 11 is 0. The molecule has 1 rings (SSSR count). The fourth-order valence-corrected chi connectivity index (χ4v) is 1.28. The molecule has 0 fully saturated rings. The molecular formula is C11H15FO2. The van der Waals surface area contributed by atoms with Crippen molar-refractivity contribution in [1.29, 1.82) is 0 Å². The van der Waals surface area contributed by atoms with Gasteiger partial charge in [-0.15, -0.1) is 0 Å². The average molecular weight is 198 g/mol. The van der Waals surface area contributed by atoms with E-state index in [4.69, 9.17) is 4.74 Å². The molecular weight excluding hydrogens is 183 g/mol. The Balaban J connectivity index is 3.32. The summed E-state index contributed by atoms with van der Waals surface area (Å²) in [7, 11) is 1.44. The number of hydrogen-bond donors (Lipinski definition) is 1. The highest BCUT2D eigenvalue weighted by Crippen LogP contribution is 2.34. The number of benzene rings is 1. The molecule has 3 heteroatoms. The van der Waals surface area contributed by atoms with E-state index in [9.17, 15) is 9.50 Å². The molecule has 0 aliphatic heterocycles. The Labute approximate surface area is 83.3 Å². The first-order valence-electron chi connectivity index (χ1n) is 4.43. The van der Waals surface area contributed by atoms with Crippen LogP contribution in [0.1, 0.15) is 26.3 Å². The monoisotopic (exact) mass is 198 g/mol. The van der Waals surface area contributed by atoms with Gasteiger partial charge in [-0.05, 0) is 17.0 Å². The molecule has 1 N–H and O–H groups in total. The van der Waals surface area contributed by atoms with Crippen LogP contribution in [-0.2, 0) is 5.41 Å². The summed E-state index contributed by atoms with van der Waals surface area (Å²) in [5.74, 6) is -0.273. The van der Waals surface area contributed by atoms with Gasteiger partial charge >= 0.3 is 0 Å². The maximum Gasteiger partial charge on any atom is 0.160 e. The molecule has 0 atom stereocenters. The highest BCUT2D eigenvalue weighted by atomic mass is 19.1. The van der Waals surface area contributed by atoms with E-state index in [1.165, 1.54) is 13.2 Å². The fraction of sp³-hybridized carbons (Fsp3) is 0.455. The van der Waals surface area contributed by atoms with Gasteiger partial charge in [-0.3, -0.25) is 0 Å². The number of phenols is 1. The van der Waals surface area contributed by atoms with Gasteiger partial charge in [-0.1, -0.05) is 20.8 Å². The molecule has 0 bridgehead atoms. The van der Waals surface area contributed by atoms with Crippen molar-refractivity contribution in [3.05, 3.63) is 23.5 Å². The summed E-state index contributed by atoms with van der Waals surface area (Å²) in [5.41, 5.74) is 0.234. The molecule has 14 heavy (non-hydrogen) atoms. The molecule has 1 aromatic carbocycles. The number of phenolic OH excluding ortho intramolecular Hbond substituents is 1. The quantitative estimate of drug-likeness (QED) is 0.751. The number of rotatable bonds is 1. The average Bonchev–Trinajstić information content (AvgIpc) is 2.02. The highest BCUT2D eigenvalue weighted by molar-refractivity contribution is 5.44. The first-order chi connectivity index (χ1) is 6.36. The molecule has 0 spiro atoms. The van der Waals surface area contributed by atoms with Crippen molar-refractivity contribution in [1.82, 2.24) is 0 Å². The molecule has 0 saturated heterocycles. The van der Waals surface area contributed by atoms with Gasteiger partial charge in [0.05, 0.1) is 7.11 Å². The van der Waals surface area contributed by atoms with Crippen LogP contribution in [0.5, 0.6) is 11.5 Å². The van der Waals surface area contributed by atoms with Crippen LogP contribution in [0.15, 0.2) is 12.1 Å². The summed E-state index contributed by atoms with van der Waals surface area (Å²) in [4.78, 5) is 0. The Morgan fingerprint density at radius 2 is 1.86 bits per heavy atom. The fourth-order valence-electron chi connectivity index (χ4n) is 1.28. The standard InChI is InChI=1S/C11H15FO2/c1-11(2,3)7-5-10(14-4)9(13)6-8(7)12/h5-6,13H,1-4H3. The Hall–Kier alpha value is -1.25. The van der Waals surface area contributed by atoms with E-state index in [-0.39, 0.29) is 11.2 Å². The molecule has 78 valence electrons. The van der Waals surface area contributed by atoms with Crippen LogP contribution in [-0.4, -0.2) is 12.2 Å². The van der Waals surface area contributed by atoms with Gasteiger partial charge in [0.15, 0.2) is 11.5 Å². The molecule has 0 unspecified atom stereocenters. The Bertz CT molecular complexity index is 340. The number of hydrogen-bond acceptors (Lipinski definition) is 2. The molecule has 0 radical (unpaired) electrons. The van der Waals surface area contributed by atoms with E-state index in [0.717, 1.165) is 6.07 Å². The van der Waals surface area contributed by atoms with Crippen LogP contribution in [0.3, 0.4) is 0 Å². The van der Waals surface area contributed by atoms with Gasteiger partial charge in [-0.2, -0.15) is 0 Å². The summed E-state index contributed by atoms with van der Waals surface area (Å²) < 4.78 is 18.4. The lowest BCUT2D eigenvalue weighted by Crippen LogP contribution is -2.13. The molecule has 0 aliphatic carbocycles. The second-order valence-electron chi connectivity index (χ2n) is 4.25. The first-order valence-corrected chi connectivity index (χ1v) is 4.43. The summed E-state index contributed by atoms with van der Waals surface area (Å²) in [6.45, 7) is 5.71. The van der Waals surface area contributed by atoms with E-state index in [2.05, 4.69) is 0 Å². The number of aromatic hydroxyl groups is 1. The number of ether oxygens (including phenoxy) is 1. The van der Waals surface area contributed by atoms with Crippen molar-refractivity contribution >= 4 is 0 Å². The predicted octanol–water partition coefficient (Wildman–Crippen LogP) is 2.84. The Morgan fingerprint density at radius 1 is 1.29 bits per heavy atom. The molecule has 0 saturated carbocycles. The van der Waals surface area contributed by atoms with Crippen LogP contribution in [0, 0.1) is 5.82 Å². The predicted molar refractivity (Wildman–Crippen MR) is 53.3 cm³/mol. The molecule has 0 aromatic heterocycles. The van der Waals surface area contributed by atoms with E-state index < -0.39 is 5.82 Å². The van der Waals surface area contributed by atoms with Gasteiger partial charge in [0.1, 0.15) is 5.82 Å². The van der Waals surface area contributed by atoms with Crippen molar-refractivity contribution in [2.75, 3.05) is 7.11 Å².